The van der Waals surface area contributed by atoms with Crippen molar-refractivity contribution in [2.24, 2.45) is 5.73 Å². The summed E-state index contributed by atoms with van der Waals surface area (Å²) in [5.74, 6) is 0.935. The fourth-order valence-corrected chi connectivity index (χ4v) is 2.79. The van der Waals surface area contributed by atoms with Crippen molar-refractivity contribution >= 4 is 0 Å². The highest BCUT2D eigenvalue weighted by atomic mass is 16.5. The number of hydrogen-bond donors (Lipinski definition) is 1. The lowest BCUT2D eigenvalue weighted by atomic mass is 10.2. The van der Waals surface area contributed by atoms with Gasteiger partial charge in [0, 0.05) is 50.9 Å². The molecule has 118 valence electrons. The van der Waals surface area contributed by atoms with Gasteiger partial charge in [0.15, 0.2) is 0 Å². The van der Waals surface area contributed by atoms with Crippen LogP contribution >= 0.6 is 0 Å². The second kappa shape index (κ2) is 8.37. The molecular weight excluding hydrogens is 262 g/mol. The summed E-state index contributed by atoms with van der Waals surface area (Å²) in [5.41, 5.74) is 6.80. The first-order chi connectivity index (χ1) is 10.2. The number of ether oxygens (including phenoxy) is 1. The van der Waals surface area contributed by atoms with Gasteiger partial charge < -0.3 is 15.4 Å². The quantitative estimate of drug-likeness (QED) is 0.780. The maximum atomic E-state index is 5.86. The second-order valence-electron chi connectivity index (χ2n) is 5.99. The average Bonchev–Trinajstić information content (AvgIpc) is 2.52. The second-order valence-corrected chi connectivity index (χ2v) is 5.99. The molecule has 1 aliphatic heterocycles. The van der Waals surface area contributed by atoms with Crippen LogP contribution in [-0.4, -0.2) is 55.2 Å². The molecule has 21 heavy (non-hydrogen) atoms. The lowest BCUT2D eigenvalue weighted by Crippen LogP contribution is -2.49. The van der Waals surface area contributed by atoms with Gasteiger partial charge in [0.05, 0.1) is 6.61 Å². The minimum Gasteiger partial charge on any atom is -0.493 e. The SMILES string of the molecule is CC(C)N1CCN(CCCOc2ccccc2CN)CC1. The zero-order chi connectivity index (χ0) is 15.1. The third kappa shape index (κ3) is 4.99. The molecule has 1 heterocycles. The largest absolute Gasteiger partial charge is 0.493 e. The minimum absolute atomic E-state index is 0.535. The van der Waals surface area contributed by atoms with Crippen molar-refractivity contribution in [3.63, 3.8) is 0 Å². The van der Waals surface area contributed by atoms with E-state index in [-0.39, 0.29) is 0 Å². The van der Waals surface area contributed by atoms with Crippen LogP contribution < -0.4 is 10.5 Å². The van der Waals surface area contributed by atoms with Gasteiger partial charge in [-0.1, -0.05) is 18.2 Å². The summed E-state index contributed by atoms with van der Waals surface area (Å²) in [6.45, 7) is 11.7. The number of nitrogens with zero attached hydrogens (tertiary/aromatic N) is 2. The summed E-state index contributed by atoms with van der Waals surface area (Å²) in [6, 6.07) is 8.70. The number of rotatable bonds is 7. The van der Waals surface area contributed by atoms with E-state index < -0.39 is 0 Å². The first kappa shape index (κ1) is 16.3. The number of para-hydroxylation sites is 1. The number of benzene rings is 1. The summed E-state index contributed by atoms with van der Waals surface area (Å²) in [7, 11) is 0. The Morgan fingerprint density at radius 2 is 1.86 bits per heavy atom. The van der Waals surface area contributed by atoms with Crippen molar-refractivity contribution in [2.75, 3.05) is 39.3 Å². The molecule has 1 fully saturated rings. The molecule has 1 aliphatic rings. The lowest BCUT2D eigenvalue weighted by Gasteiger charge is -2.36. The van der Waals surface area contributed by atoms with Gasteiger partial charge in [-0.15, -0.1) is 0 Å². The monoisotopic (exact) mass is 291 g/mol. The van der Waals surface area contributed by atoms with E-state index in [9.17, 15) is 0 Å². The Balaban J connectivity index is 1.64. The third-order valence-electron chi connectivity index (χ3n) is 4.21. The fraction of sp³-hybridized carbons (Fsp3) is 0.647. The molecule has 2 N–H and O–H groups in total. The van der Waals surface area contributed by atoms with E-state index in [1.54, 1.807) is 0 Å². The molecule has 1 aromatic rings. The van der Waals surface area contributed by atoms with Gasteiger partial charge in [-0.3, -0.25) is 4.90 Å². The fourth-order valence-electron chi connectivity index (χ4n) is 2.79. The molecule has 0 spiro atoms. The highest BCUT2D eigenvalue weighted by Crippen LogP contribution is 2.17. The summed E-state index contributed by atoms with van der Waals surface area (Å²) in [4.78, 5) is 5.08. The molecule has 0 aliphatic carbocycles. The van der Waals surface area contributed by atoms with E-state index in [0.717, 1.165) is 30.9 Å². The van der Waals surface area contributed by atoms with Crippen LogP contribution in [0.2, 0.25) is 0 Å². The molecular formula is C17H29N3O. The first-order valence-electron chi connectivity index (χ1n) is 8.08. The molecule has 0 amide bonds. The van der Waals surface area contributed by atoms with E-state index in [0.29, 0.717) is 12.6 Å². The van der Waals surface area contributed by atoms with Gasteiger partial charge in [-0.05, 0) is 26.3 Å². The minimum atomic E-state index is 0.535. The van der Waals surface area contributed by atoms with Crippen LogP contribution in [0.4, 0.5) is 0 Å². The number of hydrogen-bond acceptors (Lipinski definition) is 4. The van der Waals surface area contributed by atoms with Crippen molar-refractivity contribution in [2.45, 2.75) is 32.9 Å². The molecule has 0 saturated carbocycles. The van der Waals surface area contributed by atoms with Crippen LogP contribution in [0.1, 0.15) is 25.8 Å². The van der Waals surface area contributed by atoms with Gasteiger partial charge in [-0.2, -0.15) is 0 Å². The maximum Gasteiger partial charge on any atom is 0.123 e. The predicted molar refractivity (Wildman–Crippen MR) is 87.6 cm³/mol. The van der Waals surface area contributed by atoms with Crippen LogP contribution in [0.15, 0.2) is 24.3 Å². The van der Waals surface area contributed by atoms with Crippen molar-refractivity contribution in [1.29, 1.82) is 0 Å². The maximum absolute atomic E-state index is 5.86. The molecule has 1 saturated heterocycles. The topological polar surface area (TPSA) is 41.7 Å². The Kier molecular flexibility index (Phi) is 6.49. The first-order valence-corrected chi connectivity index (χ1v) is 8.08. The molecule has 0 aromatic heterocycles. The van der Waals surface area contributed by atoms with E-state index in [1.807, 2.05) is 24.3 Å². The van der Waals surface area contributed by atoms with Gasteiger partial charge in [0.2, 0.25) is 0 Å². The Labute approximate surface area is 128 Å². The third-order valence-corrected chi connectivity index (χ3v) is 4.21. The molecule has 1 aromatic carbocycles. The van der Waals surface area contributed by atoms with Crippen LogP contribution in [0, 0.1) is 0 Å². The molecule has 0 unspecified atom stereocenters. The lowest BCUT2D eigenvalue weighted by molar-refractivity contribution is 0.104. The summed E-state index contributed by atoms with van der Waals surface area (Å²) in [5, 5.41) is 0. The zero-order valence-corrected chi connectivity index (χ0v) is 13.4. The van der Waals surface area contributed by atoms with E-state index in [4.69, 9.17) is 10.5 Å². The molecule has 0 atom stereocenters. The van der Waals surface area contributed by atoms with Crippen molar-refractivity contribution in [1.82, 2.24) is 9.80 Å². The normalized spacial score (nSPS) is 17.3. The van der Waals surface area contributed by atoms with Crippen LogP contribution in [0.3, 0.4) is 0 Å². The Morgan fingerprint density at radius 1 is 1.14 bits per heavy atom. The van der Waals surface area contributed by atoms with Crippen LogP contribution in [-0.2, 0) is 6.54 Å². The summed E-state index contributed by atoms with van der Waals surface area (Å²) < 4.78 is 5.86. The van der Waals surface area contributed by atoms with Gasteiger partial charge in [0.1, 0.15) is 5.75 Å². The smallest absolute Gasteiger partial charge is 0.123 e. The van der Waals surface area contributed by atoms with Crippen molar-refractivity contribution in [3.05, 3.63) is 29.8 Å². The molecule has 0 radical (unpaired) electrons. The Bertz CT molecular complexity index is 414. The summed E-state index contributed by atoms with van der Waals surface area (Å²) in [6.07, 6.45) is 1.07. The highest BCUT2D eigenvalue weighted by molar-refractivity contribution is 5.32. The summed E-state index contributed by atoms with van der Waals surface area (Å²) >= 11 is 0. The zero-order valence-electron chi connectivity index (χ0n) is 13.4. The Hall–Kier alpha value is -1.10. The Morgan fingerprint density at radius 3 is 2.52 bits per heavy atom. The van der Waals surface area contributed by atoms with Crippen molar-refractivity contribution < 1.29 is 4.74 Å². The predicted octanol–water partition coefficient (Wildman–Crippen LogP) is 1.94. The number of nitrogens with two attached hydrogens (primary N) is 1. The van der Waals surface area contributed by atoms with E-state index in [2.05, 4.69) is 23.6 Å². The standard InChI is InChI=1S/C17H29N3O/c1-15(2)20-11-9-19(10-12-20)8-5-13-21-17-7-4-3-6-16(17)14-18/h3-4,6-7,15H,5,8-14,18H2,1-2H3. The van der Waals surface area contributed by atoms with Crippen LogP contribution in [0.5, 0.6) is 5.75 Å². The number of piperazine rings is 1. The average molecular weight is 291 g/mol. The van der Waals surface area contributed by atoms with E-state index in [1.165, 1.54) is 26.2 Å². The van der Waals surface area contributed by atoms with Gasteiger partial charge in [0.25, 0.3) is 0 Å². The van der Waals surface area contributed by atoms with E-state index >= 15 is 0 Å². The van der Waals surface area contributed by atoms with Crippen LogP contribution in [0.25, 0.3) is 0 Å². The molecule has 0 bridgehead atoms. The van der Waals surface area contributed by atoms with Crippen molar-refractivity contribution in [3.8, 4) is 5.75 Å². The molecule has 4 heteroatoms. The highest BCUT2D eigenvalue weighted by Gasteiger charge is 2.18. The van der Waals surface area contributed by atoms with Gasteiger partial charge in [-0.25, -0.2) is 0 Å². The van der Waals surface area contributed by atoms with Gasteiger partial charge >= 0.3 is 0 Å². The molecule has 2 rings (SSSR count). The molecule has 4 nitrogen and oxygen atoms in total.